The van der Waals surface area contributed by atoms with Gasteiger partial charge >= 0.3 is 5.97 Å². The molecule has 0 amide bonds. The van der Waals surface area contributed by atoms with E-state index in [1.807, 2.05) is 43.0 Å². The number of aromatic nitrogens is 1. The van der Waals surface area contributed by atoms with Crippen molar-refractivity contribution in [1.29, 1.82) is 0 Å². The van der Waals surface area contributed by atoms with Crippen molar-refractivity contribution in [1.82, 2.24) is 4.98 Å². The number of benzene rings is 2. The number of thioether (sulfide) groups is 1. The van der Waals surface area contributed by atoms with Crippen LogP contribution in [0, 0.1) is 6.92 Å². The number of ketones is 1. The lowest BCUT2D eigenvalue weighted by atomic mass is 10.1. The van der Waals surface area contributed by atoms with Gasteiger partial charge in [-0.15, -0.1) is 23.1 Å². The van der Waals surface area contributed by atoms with Crippen LogP contribution in [0.3, 0.4) is 0 Å². The Morgan fingerprint density at radius 2 is 1.74 bits per heavy atom. The number of aliphatic carboxylic acids is 1. The molecule has 0 aliphatic carbocycles. The summed E-state index contributed by atoms with van der Waals surface area (Å²) in [5.41, 5.74) is 2.20. The minimum Gasteiger partial charge on any atom is -0.485 e. The third-order valence-corrected chi connectivity index (χ3v) is 7.70. The van der Waals surface area contributed by atoms with Gasteiger partial charge in [-0.3, -0.25) is 9.59 Å². The van der Waals surface area contributed by atoms with Gasteiger partial charge in [-0.2, -0.15) is 0 Å². The Kier molecular flexibility index (Phi) is 10.6. The van der Waals surface area contributed by atoms with Crippen LogP contribution in [0.1, 0.15) is 58.0 Å². The number of carboxylic acids is 1. The van der Waals surface area contributed by atoms with Gasteiger partial charge in [-0.25, -0.2) is 4.98 Å². The zero-order valence-corrected chi connectivity index (χ0v) is 21.1. The van der Waals surface area contributed by atoms with Crippen LogP contribution in [0.2, 0.25) is 0 Å². The van der Waals surface area contributed by atoms with Crippen molar-refractivity contribution in [3.05, 3.63) is 75.7 Å². The molecule has 0 atom stereocenters. The monoisotopic (exact) mass is 497 g/mol. The second-order valence-electron chi connectivity index (χ2n) is 8.10. The summed E-state index contributed by atoms with van der Waals surface area (Å²) in [7, 11) is 0. The van der Waals surface area contributed by atoms with Gasteiger partial charge in [-0.1, -0.05) is 36.8 Å². The van der Waals surface area contributed by atoms with Gasteiger partial charge < -0.3 is 9.84 Å². The number of rotatable bonds is 15. The fraction of sp³-hybridized carbons (Fsp3) is 0.370. The van der Waals surface area contributed by atoms with Gasteiger partial charge in [0, 0.05) is 16.2 Å². The molecule has 0 aliphatic rings. The zero-order valence-electron chi connectivity index (χ0n) is 19.5. The van der Waals surface area contributed by atoms with Crippen molar-refractivity contribution in [2.24, 2.45) is 0 Å². The number of thiazole rings is 1. The Morgan fingerprint density at radius 3 is 2.47 bits per heavy atom. The molecule has 0 fully saturated rings. The van der Waals surface area contributed by atoms with E-state index in [-0.39, 0.29) is 18.8 Å². The molecule has 3 aromatic rings. The smallest absolute Gasteiger partial charge is 0.303 e. The van der Waals surface area contributed by atoms with E-state index in [1.165, 1.54) is 41.1 Å². The number of unbranched alkanes of at least 4 members (excludes halogenated alkanes) is 2. The molecule has 34 heavy (non-hydrogen) atoms. The van der Waals surface area contributed by atoms with E-state index in [0.29, 0.717) is 23.6 Å². The Balaban J connectivity index is 1.34. The first-order chi connectivity index (χ1) is 16.5. The van der Waals surface area contributed by atoms with Crippen LogP contribution in [0.15, 0.2) is 59.5 Å². The van der Waals surface area contributed by atoms with E-state index < -0.39 is 5.97 Å². The molecule has 180 valence electrons. The summed E-state index contributed by atoms with van der Waals surface area (Å²) in [6.45, 7) is 1.79. The van der Waals surface area contributed by atoms with Crippen LogP contribution < -0.4 is 4.74 Å². The number of hydrogen-bond acceptors (Lipinski definition) is 6. The van der Waals surface area contributed by atoms with E-state index in [4.69, 9.17) is 9.84 Å². The molecule has 5 nitrogen and oxygen atoms in total. The Hall–Kier alpha value is -2.64. The lowest BCUT2D eigenvalue weighted by Crippen LogP contribution is -2.11. The Labute approximate surface area is 209 Å². The van der Waals surface area contributed by atoms with Crippen LogP contribution in [-0.4, -0.2) is 34.2 Å². The third kappa shape index (κ3) is 8.95. The highest BCUT2D eigenvalue weighted by Gasteiger charge is 2.15. The van der Waals surface area contributed by atoms with Crippen molar-refractivity contribution >= 4 is 34.9 Å². The average Bonchev–Trinajstić information content (AvgIpc) is 3.21. The first-order valence-electron chi connectivity index (χ1n) is 11.6. The highest BCUT2D eigenvalue weighted by molar-refractivity contribution is 7.99. The maximum absolute atomic E-state index is 12.5. The van der Waals surface area contributed by atoms with Crippen molar-refractivity contribution in [3.8, 4) is 5.75 Å². The van der Waals surface area contributed by atoms with Crippen LogP contribution >= 0.6 is 23.1 Å². The normalized spacial score (nSPS) is 10.9. The number of carbonyl (C=O) groups excluding carboxylic acids is 1. The van der Waals surface area contributed by atoms with Crippen LogP contribution in [0.25, 0.3) is 0 Å². The first kappa shape index (κ1) is 26.0. The maximum atomic E-state index is 12.5. The number of carbonyl (C=O) groups is 2. The molecular formula is C27H31NO4S2. The molecule has 0 saturated heterocycles. The predicted molar refractivity (Wildman–Crippen MR) is 138 cm³/mol. The number of hydrogen-bond donors (Lipinski definition) is 1. The van der Waals surface area contributed by atoms with E-state index >= 15 is 0 Å². The fourth-order valence-corrected chi connectivity index (χ4v) is 5.41. The van der Waals surface area contributed by atoms with Crippen molar-refractivity contribution < 1.29 is 19.4 Å². The molecule has 0 aliphatic heterocycles. The van der Waals surface area contributed by atoms with Gasteiger partial charge in [0.15, 0.2) is 11.6 Å². The van der Waals surface area contributed by atoms with Gasteiger partial charge in [0.25, 0.3) is 0 Å². The SMILES string of the molecule is Cc1nc(C(=O)COc2ccc(SCCCCCc3ccccc3)cc2)sc1CCCC(=O)O. The average molecular weight is 498 g/mol. The van der Waals surface area contributed by atoms with Gasteiger partial charge in [0.1, 0.15) is 5.75 Å². The second kappa shape index (κ2) is 13.9. The Morgan fingerprint density at radius 1 is 0.971 bits per heavy atom. The van der Waals surface area contributed by atoms with Crippen molar-refractivity contribution in [3.63, 3.8) is 0 Å². The largest absolute Gasteiger partial charge is 0.485 e. The summed E-state index contributed by atoms with van der Waals surface area (Å²) in [5, 5.41) is 9.19. The summed E-state index contributed by atoms with van der Waals surface area (Å²) in [6.07, 6.45) is 6.05. The highest BCUT2D eigenvalue weighted by Crippen LogP contribution is 2.24. The van der Waals surface area contributed by atoms with Crippen LogP contribution in [0.4, 0.5) is 0 Å². The number of aryl methyl sites for hydroxylation is 3. The summed E-state index contributed by atoms with van der Waals surface area (Å²) >= 11 is 3.17. The molecule has 0 unspecified atom stereocenters. The molecular weight excluding hydrogens is 466 g/mol. The molecule has 1 aromatic heterocycles. The molecule has 0 bridgehead atoms. The number of carboxylic acid groups (broad SMARTS) is 1. The molecule has 1 N–H and O–H groups in total. The van der Waals surface area contributed by atoms with E-state index in [9.17, 15) is 9.59 Å². The third-order valence-electron chi connectivity index (χ3n) is 5.34. The van der Waals surface area contributed by atoms with Crippen LogP contribution in [-0.2, 0) is 17.6 Å². The predicted octanol–water partition coefficient (Wildman–Crippen LogP) is 6.63. The quantitative estimate of drug-likeness (QED) is 0.144. The fourth-order valence-electron chi connectivity index (χ4n) is 3.46. The summed E-state index contributed by atoms with van der Waals surface area (Å²) < 4.78 is 5.67. The van der Waals surface area contributed by atoms with E-state index in [2.05, 4.69) is 35.3 Å². The van der Waals surface area contributed by atoms with Gasteiger partial charge in [0.2, 0.25) is 5.78 Å². The number of ether oxygens (including phenoxy) is 1. The summed E-state index contributed by atoms with van der Waals surface area (Å²) in [4.78, 5) is 29.7. The molecule has 0 spiro atoms. The second-order valence-corrected chi connectivity index (χ2v) is 10.4. The standard InChI is InChI=1S/C27H31NO4S2/c1-20-25(12-8-13-26(30)31)34-27(28-20)24(29)19-32-22-14-16-23(17-15-22)33-18-7-3-6-11-21-9-4-2-5-10-21/h2,4-5,9-10,14-17H,3,6-8,11-13,18-19H2,1H3,(H,30,31). The summed E-state index contributed by atoms with van der Waals surface area (Å²) in [6, 6.07) is 18.5. The van der Waals surface area contributed by atoms with E-state index in [1.54, 1.807) is 0 Å². The minimum atomic E-state index is -0.810. The number of Topliss-reactive ketones (excluding diaryl/α,β-unsaturated/α-hetero) is 1. The zero-order chi connectivity index (χ0) is 24.2. The van der Waals surface area contributed by atoms with Gasteiger partial charge in [0.05, 0.1) is 5.69 Å². The van der Waals surface area contributed by atoms with Crippen molar-refractivity contribution in [2.45, 2.75) is 56.8 Å². The van der Waals surface area contributed by atoms with Gasteiger partial charge in [-0.05, 0) is 74.6 Å². The topological polar surface area (TPSA) is 76.5 Å². The molecule has 3 rings (SSSR count). The molecule has 0 saturated carbocycles. The number of nitrogens with zero attached hydrogens (tertiary/aromatic N) is 1. The van der Waals surface area contributed by atoms with Crippen LogP contribution in [0.5, 0.6) is 5.75 Å². The summed E-state index contributed by atoms with van der Waals surface area (Å²) in [5.74, 6) is 0.781. The van der Waals surface area contributed by atoms with E-state index in [0.717, 1.165) is 22.7 Å². The first-order valence-corrected chi connectivity index (χ1v) is 13.4. The molecule has 2 aromatic carbocycles. The van der Waals surface area contributed by atoms with Crippen molar-refractivity contribution in [2.75, 3.05) is 12.4 Å². The minimum absolute atomic E-state index is 0.0601. The lowest BCUT2D eigenvalue weighted by Gasteiger charge is -2.06. The highest BCUT2D eigenvalue weighted by atomic mass is 32.2. The molecule has 1 heterocycles. The lowest BCUT2D eigenvalue weighted by molar-refractivity contribution is -0.137. The Bertz CT molecular complexity index is 1050. The molecule has 7 heteroatoms. The maximum Gasteiger partial charge on any atom is 0.303 e. The molecule has 0 radical (unpaired) electrons.